The summed E-state index contributed by atoms with van der Waals surface area (Å²) in [4.78, 5) is 15.8. The van der Waals surface area contributed by atoms with E-state index in [0.717, 1.165) is 5.56 Å². The van der Waals surface area contributed by atoms with E-state index >= 15 is 0 Å². The van der Waals surface area contributed by atoms with Gasteiger partial charge in [0.2, 0.25) is 0 Å². The summed E-state index contributed by atoms with van der Waals surface area (Å²) in [6, 6.07) is 12.2. The van der Waals surface area contributed by atoms with Crippen LogP contribution in [0.15, 0.2) is 54.4 Å². The molecule has 0 N–H and O–H groups in total. The molecule has 22 heavy (non-hydrogen) atoms. The van der Waals surface area contributed by atoms with E-state index in [1.54, 1.807) is 20.0 Å². The monoisotopic (exact) mass is 295 g/mol. The van der Waals surface area contributed by atoms with E-state index < -0.39 is 0 Å². The van der Waals surface area contributed by atoms with E-state index in [9.17, 15) is 4.79 Å². The van der Waals surface area contributed by atoms with Crippen LogP contribution in [0.5, 0.6) is 0 Å². The number of ether oxygens (including phenoxy) is 1. The minimum Gasteiger partial charge on any atom is -0.463 e. The fourth-order valence-corrected chi connectivity index (χ4v) is 2.26. The van der Waals surface area contributed by atoms with E-state index in [0.29, 0.717) is 12.2 Å². The second-order valence-electron chi connectivity index (χ2n) is 5.22. The van der Waals surface area contributed by atoms with E-state index in [2.05, 4.69) is 30.1 Å². The van der Waals surface area contributed by atoms with Crippen molar-refractivity contribution >= 4 is 12.0 Å². The number of pyridine rings is 1. The van der Waals surface area contributed by atoms with Crippen LogP contribution in [0, 0.1) is 0 Å². The van der Waals surface area contributed by atoms with Crippen molar-refractivity contribution < 1.29 is 9.53 Å². The van der Waals surface area contributed by atoms with Gasteiger partial charge >= 0.3 is 5.97 Å². The molecule has 2 rings (SSSR count). The van der Waals surface area contributed by atoms with Gasteiger partial charge in [-0.25, -0.2) is 4.79 Å². The molecule has 0 radical (unpaired) electrons. The molecular formula is C19H21NO2. The highest BCUT2D eigenvalue weighted by Gasteiger charge is 2.08. The normalized spacial score (nSPS) is 12.8. The molecule has 2 aromatic rings. The lowest BCUT2D eigenvalue weighted by molar-refractivity contribution is -0.138. The van der Waals surface area contributed by atoms with Crippen LogP contribution in [-0.4, -0.2) is 17.6 Å². The van der Waals surface area contributed by atoms with Gasteiger partial charge < -0.3 is 4.74 Å². The van der Waals surface area contributed by atoms with Crippen LogP contribution >= 0.6 is 0 Å². The fourth-order valence-electron chi connectivity index (χ4n) is 2.26. The van der Waals surface area contributed by atoms with Gasteiger partial charge in [-0.05, 0) is 42.7 Å². The van der Waals surface area contributed by atoms with Crippen LogP contribution in [0.1, 0.15) is 43.4 Å². The molecule has 1 aromatic heterocycles. The first-order chi connectivity index (χ1) is 10.6. The van der Waals surface area contributed by atoms with Crippen molar-refractivity contribution in [2.24, 2.45) is 0 Å². The maximum atomic E-state index is 11.6. The predicted octanol–water partition coefficient (Wildman–Crippen LogP) is 4.20. The second kappa shape index (κ2) is 7.55. The molecule has 0 aliphatic heterocycles. The number of carbonyl (C=O) groups excluding carboxylic acids is 1. The zero-order valence-corrected chi connectivity index (χ0v) is 13.2. The van der Waals surface area contributed by atoms with Crippen LogP contribution in [0.3, 0.4) is 0 Å². The summed E-state index contributed by atoms with van der Waals surface area (Å²) >= 11 is 0. The van der Waals surface area contributed by atoms with Gasteiger partial charge in [-0.3, -0.25) is 4.98 Å². The van der Waals surface area contributed by atoms with Gasteiger partial charge in [0.25, 0.3) is 0 Å². The van der Waals surface area contributed by atoms with E-state index in [1.807, 2.05) is 30.5 Å². The molecule has 0 saturated heterocycles. The van der Waals surface area contributed by atoms with Crippen LogP contribution in [0.4, 0.5) is 0 Å². The minimum atomic E-state index is -0.268. The largest absolute Gasteiger partial charge is 0.463 e. The molecule has 1 atom stereocenters. The summed E-state index contributed by atoms with van der Waals surface area (Å²) in [6.07, 6.45) is 5.52. The van der Waals surface area contributed by atoms with Crippen LogP contribution < -0.4 is 0 Å². The highest BCUT2D eigenvalue weighted by Crippen LogP contribution is 2.23. The number of hydrogen-bond acceptors (Lipinski definition) is 3. The maximum Gasteiger partial charge on any atom is 0.333 e. The SMILES string of the molecule is CCOC(=O)/C(C)=C/c1ccc(C(C)c2cccnc2)cc1. The Morgan fingerprint density at radius 3 is 2.55 bits per heavy atom. The number of esters is 1. The molecule has 0 aliphatic carbocycles. The molecule has 114 valence electrons. The van der Waals surface area contributed by atoms with Crippen LogP contribution in [0.2, 0.25) is 0 Å². The zero-order valence-electron chi connectivity index (χ0n) is 13.2. The first-order valence-corrected chi connectivity index (χ1v) is 7.47. The molecule has 1 aromatic carbocycles. The van der Waals surface area contributed by atoms with Crippen molar-refractivity contribution in [3.8, 4) is 0 Å². The molecular weight excluding hydrogens is 274 g/mol. The van der Waals surface area contributed by atoms with Gasteiger partial charge in [0.1, 0.15) is 0 Å². The van der Waals surface area contributed by atoms with Crippen molar-refractivity contribution in [1.82, 2.24) is 4.98 Å². The zero-order chi connectivity index (χ0) is 15.9. The van der Waals surface area contributed by atoms with Gasteiger partial charge in [-0.2, -0.15) is 0 Å². The number of carbonyl (C=O) groups is 1. The van der Waals surface area contributed by atoms with Crippen molar-refractivity contribution in [3.05, 3.63) is 71.1 Å². The molecule has 0 aliphatic rings. The summed E-state index contributed by atoms with van der Waals surface area (Å²) < 4.78 is 4.98. The highest BCUT2D eigenvalue weighted by molar-refractivity contribution is 5.92. The maximum absolute atomic E-state index is 11.6. The second-order valence-corrected chi connectivity index (χ2v) is 5.22. The Bertz CT molecular complexity index is 645. The quantitative estimate of drug-likeness (QED) is 0.613. The molecule has 0 bridgehead atoms. The van der Waals surface area contributed by atoms with Gasteiger partial charge in [0.15, 0.2) is 0 Å². The molecule has 3 heteroatoms. The molecule has 0 fully saturated rings. The Morgan fingerprint density at radius 2 is 1.95 bits per heavy atom. The van der Waals surface area contributed by atoms with E-state index in [4.69, 9.17) is 4.74 Å². The lowest BCUT2D eigenvalue weighted by Crippen LogP contribution is -2.04. The van der Waals surface area contributed by atoms with Crippen LogP contribution in [0.25, 0.3) is 6.08 Å². The first kappa shape index (κ1) is 16.0. The van der Waals surface area contributed by atoms with Crippen LogP contribution in [-0.2, 0) is 9.53 Å². The first-order valence-electron chi connectivity index (χ1n) is 7.47. The van der Waals surface area contributed by atoms with Crippen molar-refractivity contribution in [2.75, 3.05) is 6.61 Å². The lowest BCUT2D eigenvalue weighted by atomic mass is 9.93. The molecule has 0 amide bonds. The summed E-state index contributed by atoms with van der Waals surface area (Å²) in [5, 5.41) is 0. The summed E-state index contributed by atoms with van der Waals surface area (Å²) in [5.41, 5.74) is 4.01. The number of hydrogen-bond donors (Lipinski definition) is 0. The summed E-state index contributed by atoms with van der Waals surface area (Å²) in [7, 11) is 0. The van der Waals surface area contributed by atoms with Gasteiger partial charge in [0.05, 0.1) is 6.61 Å². The van der Waals surface area contributed by atoms with Crippen molar-refractivity contribution in [1.29, 1.82) is 0 Å². The fraction of sp³-hybridized carbons (Fsp3) is 0.263. The topological polar surface area (TPSA) is 39.2 Å². The Morgan fingerprint density at radius 1 is 1.23 bits per heavy atom. The Kier molecular flexibility index (Phi) is 5.48. The average molecular weight is 295 g/mol. The molecule has 1 unspecified atom stereocenters. The number of benzene rings is 1. The lowest BCUT2D eigenvalue weighted by Gasteiger charge is -2.12. The third kappa shape index (κ3) is 4.04. The van der Waals surface area contributed by atoms with Gasteiger partial charge in [-0.1, -0.05) is 37.3 Å². The number of nitrogens with zero attached hydrogens (tertiary/aromatic N) is 1. The van der Waals surface area contributed by atoms with E-state index in [-0.39, 0.29) is 11.9 Å². The smallest absolute Gasteiger partial charge is 0.333 e. The Labute approximate surface area is 131 Å². The summed E-state index contributed by atoms with van der Waals surface area (Å²) in [5.74, 6) is 0.0215. The third-order valence-electron chi connectivity index (χ3n) is 3.60. The number of rotatable bonds is 5. The van der Waals surface area contributed by atoms with Crippen molar-refractivity contribution in [2.45, 2.75) is 26.7 Å². The predicted molar refractivity (Wildman–Crippen MR) is 88.5 cm³/mol. The van der Waals surface area contributed by atoms with E-state index in [1.165, 1.54) is 11.1 Å². The Balaban J connectivity index is 2.14. The van der Waals surface area contributed by atoms with Crippen molar-refractivity contribution in [3.63, 3.8) is 0 Å². The third-order valence-corrected chi connectivity index (χ3v) is 3.60. The highest BCUT2D eigenvalue weighted by atomic mass is 16.5. The summed E-state index contributed by atoms with van der Waals surface area (Å²) in [6.45, 7) is 6.13. The molecule has 3 nitrogen and oxygen atoms in total. The minimum absolute atomic E-state index is 0.268. The molecule has 0 spiro atoms. The standard InChI is InChI=1S/C19H21NO2/c1-4-22-19(21)14(2)12-16-7-9-17(10-8-16)15(3)18-6-5-11-20-13-18/h5-13,15H,4H2,1-3H3/b14-12+. The number of aromatic nitrogens is 1. The average Bonchev–Trinajstić information content (AvgIpc) is 2.56. The molecule has 1 heterocycles. The van der Waals surface area contributed by atoms with Gasteiger partial charge in [0, 0.05) is 23.9 Å². The Hall–Kier alpha value is -2.42. The van der Waals surface area contributed by atoms with Gasteiger partial charge in [-0.15, -0.1) is 0 Å². The molecule has 0 saturated carbocycles.